The van der Waals surface area contributed by atoms with Crippen LogP contribution in [-0.4, -0.2) is 29.3 Å². The first-order valence-electron chi connectivity index (χ1n) is 6.85. The molecule has 1 saturated heterocycles. The van der Waals surface area contributed by atoms with Crippen LogP contribution in [0.2, 0.25) is 0 Å². The van der Waals surface area contributed by atoms with Gasteiger partial charge in [0.25, 0.3) is 0 Å². The normalized spacial score (nSPS) is 18.0. The van der Waals surface area contributed by atoms with Gasteiger partial charge in [-0.1, -0.05) is 18.2 Å². The van der Waals surface area contributed by atoms with Gasteiger partial charge in [0.2, 0.25) is 0 Å². The second-order valence-corrected chi connectivity index (χ2v) is 5.36. The van der Waals surface area contributed by atoms with E-state index >= 15 is 0 Å². The summed E-state index contributed by atoms with van der Waals surface area (Å²) in [5.74, 6) is -0.721. The number of aromatic nitrogens is 1. The third-order valence-electron chi connectivity index (χ3n) is 4.17. The maximum absolute atomic E-state index is 11.7. The van der Waals surface area contributed by atoms with Gasteiger partial charge < -0.3 is 9.84 Å². The maximum atomic E-state index is 11.7. The van der Waals surface area contributed by atoms with Gasteiger partial charge >= 0.3 is 5.97 Å². The van der Waals surface area contributed by atoms with Crippen molar-refractivity contribution in [3.8, 4) is 0 Å². The van der Waals surface area contributed by atoms with Gasteiger partial charge in [0.05, 0.1) is 10.9 Å². The average molecular weight is 271 g/mol. The number of carboxylic acids is 1. The van der Waals surface area contributed by atoms with E-state index in [1.165, 1.54) is 0 Å². The van der Waals surface area contributed by atoms with Crippen LogP contribution in [0, 0.1) is 5.41 Å². The summed E-state index contributed by atoms with van der Waals surface area (Å²) >= 11 is 0. The highest BCUT2D eigenvalue weighted by atomic mass is 16.5. The Bertz CT molecular complexity index is 627. The van der Waals surface area contributed by atoms with E-state index in [1.54, 1.807) is 6.20 Å². The van der Waals surface area contributed by atoms with E-state index < -0.39 is 11.4 Å². The van der Waals surface area contributed by atoms with Crippen LogP contribution in [0.3, 0.4) is 0 Å². The van der Waals surface area contributed by atoms with Crippen molar-refractivity contribution in [2.24, 2.45) is 5.41 Å². The van der Waals surface area contributed by atoms with E-state index in [9.17, 15) is 9.90 Å². The Balaban J connectivity index is 2.00. The first-order valence-corrected chi connectivity index (χ1v) is 6.85. The quantitative estimate of drug-likeness (QED) is 0.932. The van der Waals surface area contributed by atoms with Crippen LogP contribution in [0.4, 0.5) is 0 Å². The van der Waals surface area contributed by atoms with Crippen LogP contribution in [0.1, 0.15) is 18.4 Å². The summed E-state index contributed by atoms with van der Waals surface area (Å²) in [6.07, 6.45) is 3.43. The minimum Gasteiger partial charge on any atom is -0.481 e. The summed E-state index contributed by atoms with van der Waals surface area (Å²) in [4.78, 5) is 16.1. The number of carboxylic acid groups (broad SMARTS) is 1. The molecule has 1 aliphatic heterocycles. The van der Waals surface area contributed by atoms with E-state index in [0.29, 0.717) is 32.5 Å². The zero-order valence-corrected chi connectivity index (χ0v) is 11.2. The highest BCUT2D eigenvalue weighted by molar-refractivity contribution is 5.83. The van der Waals surface area contributed by atoms with E-state index in [1.807, 2.05) is 30.3 Å². The van der Waals surface area contributed by atoms with Crippen LogP contribution < -0.4 is 0 Å². The number of rotatable bonds is 3. The Morgan fingerprint density at radius 1 is 1.25 bits per heavy atom. The van der Waals surface area contributed by atoms with Gasteiger partial charge in [-0.25, -0.2) is 0 Å². The lowest BCUT2D eigenvalue weighted by Crippen LogP contribution is -2.39. The number of carbonyl (C=O) groups is 1. The standard InChI is InChI=1S/C16H17NO3/c18-15(19)16(6-9-20-10-7-16)11-12-5-8-17-14-4-2-1-3-13(12)14/h1-5,8H,6-7,9-11H2,(H,18,19). The largest absolute Gasteiger partial charge is 0.481 e. The summed E-state index contributed by atoms with van der Waals surface area (Å²) in [5.41, 5.74) is 1.26. The molecule has 104 valence electrons. The van der Waals surface area contributed by atoms with Crippen molar-refractivity contribution >= 4 is 16.9 Å². The number of nitrogens with zero attached hydrogens (tertiary/aromatic N) is 1. The molecule has 4 nitrogen and oxygen atoms in total. The maximum Gasteiger partial charge on any atom is 0.310 e. The van der Waals surface area contributed by atoms with Gasteiger partial charge in [-0.2, -0.15) is 0 Å². The number of aliphatic carboxylic acids is 1. The van der Waals surface area contributed by atoms with Gasteiger partial charge in [0.15, 0.2) is 0 Å². The van der Waals surface area contributed by atoms with Crippen molar-refractivity contribution in [1.82, 2.24) is 4.98 Å². The van der Waals surface area contributed by atoms with Crippen molar-refractivity contribution in [3.05, 3.63) is 42.1 Å². The first-order chi connectivity index (χ1) is 9.71. The predicted molar refractivity (Wildman–Crippen MR) is 75.6 cm³/mol. The Kier molecular flexibility index (Phi) is 3.40. The third-order valence-corrected chi connectivity index (χ3v) is 4.17. The Morgan fingerprint density at radius 3 is 2.75 bits per heavy atom. The molecule has 0 radical (unpaired) electrons. The fourth-order valence-electron chi connectivity index (χ4n) is 2.90. The molecule has 0 aliphatic carbocycles. The van der Waals surface area contributed by atoms with Gasteiger partial charge in [0, 0.05) is 24.8 Å². The van der Waals surface area contributed by atoms with Crippen LogP contribution in [0.25, 0.3) is 10.9 Å². The molecule has 0 unspecified atom stereocenters. The monoisotopic (exact) mass is 271 g/mol. The SMILES string of the molecule is O=C(O)C1(Cc2ccnc3ccccc23)CCOCC1. The molecular formula is C16H17NO3. The number of benzene rings is 1. The fourth-order valence-corrected chi connectivity index (χ4v) is 2.90. The van der Waals surface area contributed by atoms with Crippen LogP contribution in [0.15, 0.2) is 36.5 Å². The minimum absolute atomic E-state index is 0.523. The summed E-state index contributed by atoms with van der Waals surface area (Å²) < 4.78 is 5.32. The Hall–Kier alpha value is -1.94. The second-order valence-electron chi connectivity index (χ2n) is 5.36. The molecule has 0 atom stereocenters. The lowest BCUT2D eigenvalue weighted by atomic mass is 9.75. The topological polar surface area (TPSA) is 59.4 Å². The van der Waals surface area contributed by atoms with E-state index in [2.05, 4.69) is 4.98 Å². The summed E-state index contributed by atoms with van der Waals surface area (Å²) in [7, 11) is 0. The number of pyridine rings is 1. The van der Waals surface area contributed by atoms with Crippen molar-refractivity contribution in [3.63, 3.8) is 0 Å². The molecule has 20 heavy (non-hydrogen) atoms. The molecule has 4 heteroatoms. The molecular weight excluding hydrogens is 254 g/mol. The zero-order chi connectivity index (χ0) is 14.0. The summed E-state index contributed by atoms with van der Waals surface area (Å²) in [6.45, 7) is 1.05. The zero-order valence-electron chi connectivity index (χ0n) is 11.2. The highest BCUT2D eigenvalue weighted by Crippen LogP contribution is 2.36. The van der Waals surface area contributed by atoms with Crippen molar-refractivity contribution in [2.45, 2.75) is 19.3 Å². The molecule has 1 N–H and O–H groups in total. The molecule has 2 heterocycles. The number of hydrogen-bond donors (Lipinski definition) is 1. The molecule has 1 aromatic carbocycles. The van der Waals surface area contributed by atoms with Gasteiger partial charge in [-0.15, -0.1) is 0 Å². The number of hydrogen-bond acceptors (Lipinski definition) is 3. The van der Waals surface area contributed by atoms with Crippen molar-refractivity contribution in [1.29, 1.82) is 0 Å². The Labute approximate surface area is 117 Å². The van der Waals surface area contributed by atoms with E-state index in [4.69, 9.17) is 4.74 Å². The molecule has 1 aliphatic rings. The molecule has 0 spiro atoms. The van der Waals surface area contributed by atoms with E-state index in [0.717, 1.165) is 16.5 Å². The first kappa shape index (κ1) is 13.1. The number of ether oxygens (including phenoxy) is 1. The predicted octanol–water partition coefficient (Wildman–Crippen LogP) is 2.66. The lowest BCUT2D eigenvalue weighted by molar-refractivity contribution is -0.154. The van der Waals surface area contributed by atoms with Crippen molar-refractivity contribution < 1.29 is 14.6 Å². The molecule has 1 fully saturated rings. The third kappa shape index (κ3) is 2.27. The molecule has 0 amide bonds. The minimum atomic E-state index is -0.721. The van der Waals surface area contributed by atoms with Crippen LogP contribution >= 0.6 is 0 Å². The highest BCUT2D eigenvalue weighted by Gasteiger charge is 2.40. The van der Waals surface area contributed by atoms with Gasteiger partial charge in [-0.05, 0) is 37.0 Å². The van der Waals surface area contributed by atoms with Gasteiger partial charge in [-0.3, -0.25) is 9.78 Å². The smallest absolute Gasteiger partial charge is 0.310 e. The number of fused-ring (bicyclic) bond motifs is 1. The summed E-state index contributed by atoms with van der Waals surface area (Å²) in [5, 5.41) is 10.7. The lowest BCUT2D eigenvalue weighted by Gasteiger charge is -2.33. The van der Waals surface area contributed by atoms with Crippen LogP contribution in [-0.2, 0) is 16.0 Å². The van der Waals surface area contributed by atoms with Crippen molar-refractivity contribution in [2.75, 3.05) is 13.2 Å². The molecule has 0 bridgehead atoms. The average Bonchev–Trinajstić information content (AvgIpc) is 2.48. The molecule has 1 aromatic heterocycles. The van der Waals surface area contributed by atoms with Gasteiger partial charge in [0.1, 0.15) is 0 Å². The van der Waals surface area contributed by atoms with E-state index in [-0.39, 0.29) is 0 Å². The molecule has 0 saturated carbocycles. The van der Waals surface area contributed by atoms with Crippen LogP contribution in [0.5, 0.6) is 0 Å². The molecule has 3 rings (SSSR count). The summed E-state index contributed by atoms with van der Waals surface area (Å²) in [6, 6.07) is 9.80. The molecule has 2 aromatic rings. The number of para-hydroxylation sites is 1. The Morgan fingerprint density at radius 2 is 2.00 bits per heavy atom. The second kappa shape index (κ2) is 5.21. The fraction of sp³-hybridized carbons (Fsp3) is 0.375.